The van der Waals surface area contributed by atoms with E-state index in [1.807, 2.05) is 0 Å². The molecule has 84 valence electrons. The monoisotopic (exact) mass is 208 g/mol. The smallest absolute Gasteiger partial charge is 0.0713 e. The maximum absolute atomic E-state index is 5.70. The lowest BCUT2D eigenvalue weighted by molar-refractivity contribution is 0.185. The Kier molecular flexibility index (Phi) is 5.32. The molecule has 1 unspecified atom stereocenters. The average molecular weight is 208 g/mol. The molecule has 3 nitrogen and oxygen atoms in total. The van der Waals surface area contributed by atoms with Crippen LogP contribution in [0.1, 0.15) is 24.1 Å². The van der Waals surface area contributed by atoms with Crippen LogP contribution in [0.15, 0.2) is 24.3 Å². The van der Waals surface area contributed by atoms with Crippen LogP contribution in [0.3, 0.4) is 0 Å². The summed E-state index contributed by atoms with van der Waals surface area (Å²) in [5.74, 6) is 0. The van der Waals surface area contributed by atoms with Crippen molar-refractivity contribution in [2.24, 2.45) is 5.73 Å². The molecular weight excluding hydrogens is 188 g/mol. The highest BCUT2D eigenvalue weighted by molar-refractivity contribution is 5.24. The van der Waals surface area contributed by atoms with Crippen molar-refractivity contribution in [3.63, 3.8) is 0 Å². The lowest BCUT2D eigenvalue weighted by Gasteiger charge is -2.16. The summed E-state index contributed by atoms with van der Waals surface area (Å²) in [5, 5.41) is 3.34. The normalized spacial score (nSPS) is 12.7. The van der Waals surface area contributed by atoms with Gasteiger partial charge in [0.25, 0.3) is 0 Å². The Morgan fingerprint density at radius 2 is 2.00 bits per heavy atom. The molecule has 3 N–H and O–H groups in total. The van der Waals surface area contributed by atoms with Gasteiger partial charge in [0, 0.05) is 19.7 Å². The minimum atomic E-state index is 0.256. The summed E-state index contributed by atoms with van der Waals surface area (Å²) in [6.07, 6.45) is 0. The van der Waals surface area contributed by atoms with Crippen LogP contribution in [0.4, 0.5) is 0 Å². The Bertz CT molecular complexity index is 271. The summed E-state index contributed by atoms with van der Waals surface area (Å²) in [6, 6.07) is 8.63. The second-order valence-corrected chi connectivity index (χ2v) is 3.52. The quantitative estimate of drug-likeness (QED) is 0.743. The van der Waals surface area contributed by atoms with Gasteiger partial charge in [-0.2, -0.15) is 0 Å². The first kappa shape index (κ1) is 12.2. The maximum atomic E-state index is 5.70. The van der Waals surface area contributed by atoms with E-state index in [9.17, 15) is 0 Å². The number of nitrogens with two attached hydrogens (primary N) is 1. The molecule has 0 bridgehead atoms. The molecule has 0 aliphatic rings. The third kappa shape index (κ3) is 3.63. The van der Waals surface area contributed by atoms with Crippen LogP contribution in [0.5, 0.6) is 0 Å². The van der Waals surface area contributed by atoms with Crippen LogP contribution in [-0.4, -0.2) is 20.2 Å². The van der Waals surface area contributed by atoms with Gasteiger partial charge in [0.05, 0.1) is 6.61 Å². The number of likely N-dealkylation sites (N-methyl/N-ethyl adjacent to an activating group) is 1. The minimum absolute atomic E-state index is 0.256. The lowest BCUT2D eigenvalue weighted by atomic mass is 10.1. The minimum Gasteiger partial charge on any atom is -0.380 e. The van der Waals surface area contributed by atoms with Gasteiger partial charge in [-0.1, -0.05) is 31.2 Å². The third-order valence-corrected chi connectivity index (χ3v) is 2.38. The van der Waals surface area contributed by atoms with E-state index in [0.29, 0.717) is 13.2 Å². The van der Waals surface area contributed by atoms with Gasteiger partial charge >= 0.3 is 0 Å². The van der Waals surface area contributed by atoms with Crippen molar-refractivity contribution in [1.82, 2.24) is 5.32 Å². The molecule has 0 radical (unpaired) electrons. The van der Waals surface area contributed by atoms with Crippen LogP contribution in [-0.2, 0) is 11.3 Å². The number of benzene rings is 1. The van der Waals surface area contributed by atoms with E-state index in [2.05, 4.69) is 36.5 Å². The van der Waals surface area contributed by atoms with Crippen LogP contribution in [0, 0.1) is 0 Å². The van der Waals surface area contributed by atoms with E-state index < -0.39 is 0 Å². The average Bonchev–Trinajstić information content (AvgIpc) is 2.28. The Hall–Kier alpha value is -0.900. The summed E-state index contributed by atoms with van der Waals surface area (Å²) >= 11 is 0. The van der Waals surface area contributed by atoms with Crippen molar-refractivity contribution in [3.8, 4) is 0 Å². The van der Waals surface area contributed by atoms with Gasteiger partial charge < -0.3 is 15.8 Å². The topological polar surface area (TPSA) is 47.3 Å². The Morgan fingerprint density at radius 3 is 2.47 bits per heavy atom. The fourth-order valence-electron chi connectivity index (χ4n) is 1.60. The van der Waals surface area contributed by atoms with Gasteiger partial charge in [0.2, 0.25) is 0 Å². The van der Waals surface area contributed by atoms with Gasteiger partial charge in [-0.05, 0) is 17.7 Å². The van der Waals surface area contributed by atoms with Crippen LogP contribution in [0.2, 0.25) is 0 Å². The number of rotatable bonds is 6. The van der Waals surface area contributed by atoms with Gasteiger partial charge in [-0.25, -0.2) is 0 Å². The molecule has 0 amide bonds. The van der Waals surface area contributed by atoms with Crippen LogP contribution < -0.4 is 11.1 Å². The zero-order valence-corrected chi connectivity index (χ0v) is 9.49. The summed E-state index contributed by atoms with van der Waals surface area (Å²) in [5.41, 5.74) is 8.12. The SMILES string of the molecule is CCNC(CN)c1ccc(COC)cc1. The molecule has 0 spiro atoms. The van der Waals surface area contributed by atoms with Crippen molar-refractivity contribution < 1.29 is 4.74 Å². The van der Waals surface area contributed by atoms with Crippen molar-refractivity contribution in [2.75, 3.05) is 20.2 Å². The molecule has 1 atom stereocenters. The summed E-state index contributed by atoms with van der Waals surface area (Å²) < 4.78 is 5.06. The number of nitrogens with one attached hydrogen (secondary N) is 1. The molecule has 0 saturated carbocycles. The predicted octanol–water partition coefficient (Wildman–Crippen LogP) is 1.44. The first-order valence-corrected chi connectivity index (χ1v) is 5.33. The van der Waals surface area contributed by atoms with E-state index in [1.165, 1.54) is 11.1 Å². The van der Waals surface area contributed by atoms with Gasteiger partial charge in [0.1, 0.15) is 0 Å². The Balaban J connectivity index is 2.68. The second-order valence-electron chi connectivity index (χ2n) is 3.52. The molecule has 1 aromatic carbocycles. The molecule has 3 heteroatoms. The van der Waals surface area contributed by atoms with E-state index in [4.69, 9.17) is 10.5 Å². The van der Waals surface area contributed by atoms with Crippen molar-refractivity contribution in [2.45, 2.75) is 19.6 Å². The molecule has 0 heterocycles. The Morgan fingerprint density at radius 1 is 1.33 bits per heavy atom. The molecule has 0 fully saturated rings. The maximum Gasteiger partial charge on any atom is 0.0713 e. The molecule has 1 aromatic rings. The van der Waals surface area contributed by atoms with Crippen molar-refractivity contribution >= 4 is 0 Å². The van der Waals surface area contributed by atoms with E-state index >= 15 is 0 Å². The molecule has 0 aliphatic carbocycles. The first-order chi connectivity index (χ1) is 7.31. The van der Waals surface area contributed by atoms with Gasteiger partial charge in [-0.15, -0.1) is 0 Å². The third-order valence-electron chi connectivity index (χ3n) is 2.38. The number of methoxy groups -OCH3 is 1. The van der Waals surface area contributed by atoms with Crippen molar-refractivity contribution in [3.05, 3.63) is 35.4 Å². The Labute approximate surface area is 91.6 Å². The van der Waals surface area contributed by atoms with Gasteiger partial charge in [0.15, 0.2) is 0 Å². The van der Waals surface area contributed by atoms with E-state index in [1.54, 1.807) is 7.11 Å². The van der Waals surface area contributed by atoms with Crippen LogP contribution >= 0.6 is 0 Å². The second kappa shape index (κ2) is 6.56. The van der Waals surface area contributed by atoms with Crippen molar-refractivity contribution in [1.29, 1.82) is 0 Å². The molecule has 0 saturated heterocycles. The van der Waals surface area contributed by atoms with Crippen LogP contribution in [0.25, 0.3) is 0 Å². The number of hydrogen-bond donors (Lipinski definition) is 2. The highest BCUT2D eigenvalue weighted by Crippen LogP contribution is 2.13. The first-order valence-electron chi connectivity index (χ1n) is 5.33. The molecule has 0 aliphatic heterocycles. The predicted molar refractivity (Wildman–Crippen MR) is 62.6 cm³/mol. The lowest BCUT2D eigenvalue weighted by Crippen LogP contribution is -2.27. The van der Waals surface area contributed by atoms with E-state index in [-0.39, 0.29) is 6.04 Å². The standard InChI is InChI=1S/C12H20N2O/c1-3-14-12(8-13)11-6-4-10(5-7-11)9-15-2/h4-7,12,14H,3,8-9,13H2,1-2H3. The molecule has 1 rings (SSSR count). The fourth-order valence-corrected chi connectivity index (χ4v) is 1.60. The van der Waals surface area contributed by atoms with E-state index in [0.717, 1.165) is 6.54 Å². The number of ether oxygens (including phenoxy) is 1. The highest BCUT2D eigenvalue weighted by atomic mass is 16.5. The zero-order chi connectivity index (χ0) is 11.1. The summed E-state index contributed by atoms with van der Waals surface area (Å²) in [6.45, 7) is 4.30. The number of hydrogen-bond acceptors (Lipinski definition) is 3. The molecule has 0 aromatic heterocycles. The fraction of sp³-hybridized carbons (Fsp3) is 0.500. The summed E-state index contributed by atoms with van der Waals surface area (Å²) in [4.78, 5) is 0. The highest BCUT2D eigenvalue weighted by Gasteiger charge is 2.06. The largest absolute Gasteiger partial charge is 0.380 e. The summed E-state index contributed by atoms with van der Waals surface area (Å²) in [7, 11) is 1.70. The molecule has 15 heavy (non-hydrogen) atoms. The zero-order valence-electron chi connectivity index (χ0n) is 9.49. The molecular formula is C12H20N2O. The van der Waals surface area contributed by atoms with Gasteiger partial charge in [-0.3, -0.25) is 0 Å².